The van der Waals surface area contributed by atoms with Gasteiger partial charge in [0.25, 0.3) is 5.91 Å². The second kappa shape index (κ2) is 6.87. The van der Waals surface area contributed by atoms with E-state index in [1.807, 2.05) is 13.8 Å². The monoisotopic (exact) mass is 267 g/mol. The van der Waals surface area contributed by atoms with Crippen LogP contribution in [0.4, 0.5) is 4.39 Å². The van der Waals surface area contributed by atoms with E-state index < -0.39 is 23.6 Å². The normalized spacial score (nSPS) is 12.2. The van der Waals surface area contributed by atoms with Crippen LogP contribution in [0.5, 0.6) is 0 Å². The van der Waals surface area contributed by atoms with Gasteiger partial charge in [-0.25, -0.2) is 4.39 Å². The molecular weight excluding hydrogens is 249 g/mol. The molecule has 0 aliphatic carbocycles. The van der Waals surface area contributed by atoms with E-state index >= 15 is 0 Å². The van der Waals surface area contributed by atoms with E-state index in [2.05, 4.69) is 5.32 Å². The maximum Gasteiger partial charge on any atom is 0.308 e. The van der Waals surface area contributed by atoms with E-state index in [0.717, 1.165) is 0 Å². The number of hydrogen-bond acceptors (Lipinski definition) is 2. The Hall–Kier alpha value is -1.91. The van der Waals surface area contributed by atoms with Crippen molar-refractivity contribution in [1.29, 1.82) is 0 Å². The van der Waals surface area contributed by atoms with Gasteiger partial charge in [0, 0.05) is 6.54 Å². The van der Waals surface area contributed by atoms with Gasteiger partial charge >= 0.3 is 5.97 Å². The minimum atomic E-state index is -0.956. The number of carboxylic acid groups (broad SMARTS) is 1. The van der Waals surface area contributed by atoms with E-state index in [4.69, 9.17) is 5.11 Å². The van der Waals surface area contributed by atoms with Crippen molar-refractivity contribution in [3.05, 3.63) is 35.6 Å². The second-order valence-corrected chi connectivity index (χ2v) is 4.85. The van der Waals surface area contributed by atoms with Gasteiger partial charge in [-0.15, -0.1) is 0 Å². The number of aliphatic carboxylic acids is 1. The topological polar surface area (TPSA) is 66.4 Å². The van der Waals surface area contributed by atoms with Crippen LogP contribution in [-0.2, 0) is 4.79 Å². The summed E-state index contributed by atoms with van der Waals surface area (Å²) in [6.07, 6.45) is 0.465. The summed E-state index contributed by atoms with van der Waals surface area (Å²) in [7, 11) is 0. The molecular formula is C14H18FNO3. The Kier molecular flexibility index (Phi) is 5.48. The van der Waals surface area contributed by atoms with Crippen molar-refractivity contribution in [1.82, 2.24) is 5.32 Å². The molecule has 1 unspecified atom stereocenters. The van der Waals surface area contributed by atoms with Crippen molar-refractivity contribution in [3.8, 4) is 0 Å². The number of carbonyl (C=O) groups excluding carboxylic acids is 1. The summed E-state index contributed by atoms with van der Waals surface area (Å²) in [5.74, 6) is -2.60. The molecule has 1 rings (SSSR count). The van der Waals surface area contributed by atoms with Crippen LogP contribution in [0.3, 0.4) is 0 Å². The molecule has 1 aromatic rings. The predicted molar refractivity (Wildman–Crippen MR) is 69.3 cm³/mol. The lowest BCUT2D eigenvalue weighted by atomic mass is 9.97. The highest BCUT2D eigenvalue weighted by Crippen LogP contribution is 2.12. The molecule has 1 atom stereocenters. The smallest absolute Gasteiger partial charge is 0.308 e. The van der Waals surface area contributed by atoms with Crippen molar-refractivity contribution in [2.75, 3.05) is 6.54 Å². The molecule has 19 heavy (non-hydrogen) atoms. The first-order chi connectivity index (χ1) is 8.91. The Balaban J connectivity index is 2.62. The molecule has 5 heteroatoms. The summed E-state index contributed by atoms with van der Waals surface area (Å²) in [6.45, 7) is 3.82. The summed E-state index contributed by atoms with van der Waals surface area (Å²) in [5.41, 5.74) is -0.0730. The van der Waals surface area contributed by atoms with Crippen molar-refractivity contribution >= 4 is 11.9 Å². The molecule has 104 valence electrons. The lowest BCUT2D eigenvalue weighted by Crippen LogP contribution is -2.34. The van der Waals surface area contributed by atoms with Crippen LogP contribution in [0.2, 0.25) is 0 Å². The van der Waals surface area contributed by atoms with Gasteiger partial charge in [-0.3, -0.25) is 9.59 Å². The predicted octanol–water partition coefficient (Wildman–Crippen LogP) is 2.30. The first-order valence-electron chi connectivity index (χ1n) is 6.17. The minimum Gasteiger partial charge on any atom is -0.481 e. The van der Waals surface area contributed by atoms with Crippen molar-refractivity contribution in [3.63, 3.8) is 0 Å². The lowest BCUT2D eigenvalue weighted by molar-refractivity contribution is -0.142. The maximum atomic E-state index is 13.4. The van der Waals surface area contributed by atoms with Gasteiger partial charge in [-0.1, -0.05) is 26.0 Å². The molecule has 0 aromatic heterocycles. The Morgan fingerprint density at radius 2 is 1.95 bits per heavy atom. The summed E-state index contributed by atoms with van der Waals surface area (Å²) in [4.78, 5) is 22.8. The average molecular weight is 267 g/mol. The molecule has 0 bridgehead atoms. The number of nitrogens with one attached hydrogen (secondary N) is 1. The van der Waals surface area contributed by atoms with Crippen molar-refractivity contribution < 1.29 is 19.1 Å². The number of carbonyl (C=O) groups is 2. The van der Waals surface area contributed by atoms with Crippen LogP contribution in [0.15, 0.2) is 24.3 Å². The lowest BCUT2D eigenvalue weighted by Gasteiger charge is -2.15. The molecule has 1 amide bonds. The Bertz CT molecular complexity index is 460. The van der Waals surface area contributed by atoms with E-state index in [-0.39, 0.29) is 18.0 Å². The van der Waals surface area contributed by atoms with Crippen LogP contribution in [0.25, 0.3) is 0 Å². The largest absolute Gasteiger partial charge is 0.481 e. The first kappa shape index (κ1) is 15.1. The number of halogens is 1. The summed E-state index contributed by atoms with van der Waals surface area (Å²) < 4.78 is 13.4. The Labute approximate surface area is 111 Å². The summed E-state index contributed by atoms with van der Waals surface area (Å²) in [6, 6.07) is 5.60. The van der Waals surface area contributed by atoms with Crippen LogP contribution in [0, 0.1) is 17.7 Å². The standard InChI is InChI=1S/C14H18FNO3/c1-9(2)7-10(14(18)19)8-16-13(17)11-5-3-4-6-12(11)15/h3-6,9-10H,7-8H2,1-2H3,(H,16,17)(H,18,19). The molecule has 0 saturated heterocycles. The van der Waals surface area contributed by atoms with E-state index in [9.17, 15) is 14.0 Å². The van der Waals surface area contributed by atoms with E-state index in [0.29, 0.717) is 6.42 Å². The van der Waals surface area contributed by atoms with Gasteiger partial charge in [-0.05, 0) is 24.5 Å². The van der Waals surface area contributed by atoms with Gasteiger partial charge < -0.3 is 10.4 Å². The zero-order chi connectivity index (χ0) is 14.4. The third kappa shape index (κ3) is 4.69. The first-order valence-corrected chi connectivity index (χ1v) is 6.17. The third-order valence-corrected chi connectivity index (χ3v) is 2.73. The number of amides is 1. The van der Waals surface area contributed by atoms with Gasteiger partial charge in [0.05, 0.1) is 11.5 Å². The zero-order valence-corrected chi connectivity index (χ0v) is 11.0. The highest BCUT2D eigenvalue weighted by molar-refractivity contribution is 5.94. The Morgan fingerprint density at radius 1 is 1.32 bits per heavy atom. The number of hydrogen-bond donors (Lipinski definition) is 2. The van der Waals surface area contributed by atoms with Crippen LogP contribution < -0.4 is 5.32 Å². The maximum absolute atomic E-state index is 13.4. The van der Waals surface area contributed by atoms with Crippen molar-refractivity contribution in [2.24, 2.45) is 11.8 Å². The highest BCUT2D eigenvalue weighted by Gasteiger charge is 2.20. The molecule has 0 saturated carbocycles. The van der Waals surface area contributed by atoms with Gasteiger partial charge in [0.15, 0.2) is 0 Å². The summed E-state index contributed by atoms with van der Waals surface area (Å²) >= 11 is 0. The Morgan fingerprint density at radius 3 is 2.47 bits per heavy atom. The molecule has 4 nitrogen and oxygen atoms in total. The van der Waals surface area contributed by atoms with Gasteiger partial charge in [0.1, 0.15) is 5.82 Å². The zero-order valence-electron chi connectivity index (χ0n) is 11.0. The number of carboxylic acids is 1. The van der Waals surface area contributed by atoms with Crippen molar-refractivity contribution in [2.45, 2.75) is 20.3 Å². The SMILES string of the molecule is CC(C)CC(CNC(=O)c1ccccc1F)C(=O)O. The fourth-order valence-electron chi connectivity index (χ4n) is 1.80. The fourth-order valence-corrected chi connectivity index (χ4v) is 1.80. The number of rotatable bonds is 6. The van der Waals surface area contributed by atoms with Gasteiger partial charge in [-0.2, -0.15) is 0 Å². The second-order valence-electron chi connectivity index (χ2n) is 4.85. The quantitative estimate of drug-likeness (QED) is 0.831. The molecule has 1 aromatic carbocycles. The van der Waals surface area contributed by atoms with Gasteiger partial charge in [0.2, 0.25) is 0 Å². The molecule has 2 N–H and O–H groups in total. The van der Waals surface area contributed by atoms with E-state index in [1.54, 1.807) is 6.07 Å². The van der Waals surface area contributed by atoms with Crippen LogP contribution in [0.1, 0.15) is 30.6 Å². The molecule has 0 fully saturated rings. The molecule has 0 radical (unpaired) electrons. The third-order valence-electron chi connectivity index (χ3n) is 2.73. The molecule has 0 heterocycles. The molecule has 0 spiro atoms. The molecule has 0 aliphatic rings. The van der Waals surface area contributed by atoms with Crippen LogP contribution in [-0.4, -0.2) is 23.5 Å². The fraction of sp³-hybridized carbons (Fsp3) is 0.429. The summed E-state index contributed by atoms with van der Waals surface area (Å²) in [5, 5.41) is 11.5. The average Bonchev–Trinajstić information content (AvgIpc) is 2.34. The minimum absolute atomic E-state index is 0.000676. The van der Waals surface area contributed by atoms with E-state index in [1.165, 1.54) is 18.2 Å². The van der Waals surface area contributed by atoms with Crippen LogP contribution >= 0.6 is 0 Å². The highest BCUT2D eigenvalue weighted by atomic mass is 19.1. The number of benzene rings is 1. The molecule has 0 aliphatic heterocycles.